The number of carbonyl (C=O) groups excluding carboxylic acids is 3. The summed E-state index contributed by atoms with van der Waals surface area (Å²) in [5.74, 6) is -1.42. The number of hydrogen-bond acceptors (Lipinski definition) is 5. The summed E-state index contributed by atoms with van der Waals surface area (Å²) in [5, 5.41) is 2.19. The molecule has 34 heavy (non-hydrogen) atoms. The summed E-state index contributed by atoms with van der Waals surface area (Å²) in [6, 6.07) is 13.8. The molecule has 8 heteroatoms. The molecule has 2 aliphatic heterocycles. The fraction of sp³-hybridized carbons (Fsp3) is 0.269. The van der Waals surface area contributed by atoms with E-state index in [1.807, 2.05) is 18.2 Å². The van der Waals surface area contributed by atoms with Crippen LogP contribution in [0, 0.1) is 0 Å². The van der Waals surface area contributed by atoms with Crippen molar-refractivity contribution in [3.8, 4) is 0 Å². The summed E-state index contributed by atoms with van der Waals surface area (Å²) < 4.78 is 5.29. The summed E-state index contributed by atoms with van der Waals surface area (Å²) in [4.78, 5) is 42.3. The van der Waals surface area contributed by atoms with Crippen molar-refractivity contribution < 1.29 is 19.1 Å². The Morgan fingerprint density at radius 2 is 1.65 bits per heavy atom. The van der Waals surface area contributed by atoms with Gasteiger partial charge in [-0.3, -0.25) is 14.5 Å². The van der Waals surface area contributed by atoms with E-state index in [0.717, 1.165) is 41.9 Å². The Kier molecular flexibility index (Phi) is 6.19. The molecule has 0 aromatic heterocycles. The van der Waals surface area contributed by atoms with Gasteiger partial charge in [0.25, 0.3) is 11.8 Å². The molecule has 5 rings (SSSR count). The van der Waals surface area contributed by atoms with Gasteiger partial charge in [-0.1, -0.05) is 35.3 Å². The number of hydrogen-bond donors (Lipinski definition) is 0. The molecule has 0 spiro atoms. The molecule has 2 heterocycles. The summed E-state index contributed by atoms with van der Waals surface area (Å²) in [5.41, 5.74) is 2.20. The Bertz CT molecular complexity index is 1300. The first-order valence-electron chi connectivity index (χ1n) is 11.2. The van der Waals surface area contributed by atoms with Crippen LogP contribution < -0.4 is 4.90 Å². The molecule has 2 aliphatic rings. The van der Waals surface area contributed by atoms with Gasteiger partial charge in [0, 0.05) is 45.7 Å². The van der Waals surface area contributed by atoms with Gasteiger partial charge < -0.3 is 9.64 Å². The second-order valence-electron chi connectivity index (χ2n) is 8.43. The first kappa shape index (κ1) is 22.7. The molecule has 0 saturated carbocycles. The first-order valence-corrected chi connectivity index (χ1v) is 12.0. The number of benzene rings is 3. The molecule has 1 saturated heterocycles. The lowest BCUT2D eigenvalue weighted by Crippen LogP contribution is -2.42. The number of anilines is 1. The van der Waals surface area contributed by atoms with Crippen LogP contribution in [-0.4, -0.2) is 48.9 Å². The highest BCUT2D eigenvalue weighted by Crippen LogP contribution is 2.36. The molecule has 0 radical (unpaired) electrons. The molecule has 6 nitrogen and oxygen atoms in total. The van der Waals surface area contributed by atoms with Crippen LogP contribution in [0.15, 0.2) is 48.5 Å². The van der Waals surface area contributed by atoms with E-state index >= 15 is 0 Å². The molecule has 1 fully saturated rings. The third kappa shape index (κ3) is 4.01. The van der Waals surface area contributed by atoms with Gasteiger partial charge in [-0.2, -0.15) is 0 Å². The number of halogens is 2. The number of esters is 1. The highest BCUT2D eigenvalue weighted by Gasteiger charge is 2.34. The van der Waals surface area contributed by atoms with Gasteiger partial charge >= 0.3 is 5.97 Å². The van der Waals surface area contributed by atoms with Crippen LogP contribution in [0.4, 0.5) is 5.69 Å². The maximum atomic E-state index is 13.3. The molecule has 3 aromatic rings. The van der Waals surface area contributed by atoms with Gasteiger partial charge in [0.05, 0.1) is 17.1 Å². The average molecular weight is 497 g/mol. The normalized spacial score (nSPS) is 15.7. The summed E-state index contributed by atoms with van der Waals surface area (Å²) in [6.07, 6.45) is 3.49. The van der Waals surface area contributed by atoms with E-state index in [9.17, 15) is 14.4 Å². The van der Waals surface area contributed by atoms with Gasteiger partial charge in [0.2, 0.25) is 0 Å². The molecule has 0 unspecified atom stereocenters. The highest BCUT2D eigenvalue weighted by atomic mass is 35.5. The minimum Gasteiger partial charge on any atom is -0.460 e. The monoisotopic (exact) mass is 496 g/mol. The topological polar surface area (TPSA) is 66.9 Å². The fourth-order valence-electron chi connectivity index (χ4n) is 4.71. The molecular weight excluding hydrogens is 475 g/mol. The number of rotatable bonds is 5. The van der Waals surface area contributed by atoms with Crippen LogP contribution >= 0.6 is 23.2 Å². The van der Waals surface area contributed by atoms with Crippen molar-refractivity contribution in [3.05, 3.63) is 75.3 Å². The Balaban J connectivity index is 1.37. The minimum atomic E-state index is -0.646. The molecule has 0 atom stereocenters. The van der Waals surface area contributed by atoms with Crippen LogP contribution in [0.3, 0.4) is 0 Å². The van der Waals surface area contributed by atoms with Crippen LogP contribution in [-0.2, 0) is 4.74 Å². The van der Waals surface area contributed by atoms with E-state index in [0.29, 0.717) is 21.5 Å². The first-order chi connectivity index (χ1) is 16.5. The van der Waals surface area contributed by atoms with E-state index in [2.05, 4.69) is 4.90 Å². The quantitative estimate of drug-likeness (QED) is 0.340. The number of amides is 2. The van der Waals surface area contributed by atoms with E-state index in [1.54, 1.807) is 12.1 Å². The number of carbonyl (C=O) groups is 3. The zero-order chi connectivity index (χ0) is 23.8. The predicted molar refractivity (Wildman–Crippen MR) is 132 cm³/mol. The SMILES string of the molecule is O=C(OCCN1C(=O)c2cccc3c(N4CCCCC4)ccc(c23)C1=O)c1ccc(Cl)cc1Cl. The standard InChI is InChI=1S/C26H22Cl2N2O4/c27-16-7-8-17(21(28)15-16)26(33)34-14-13-30-24(31)19-6-4-5-18-22(29-11-2-1-3-12-29)10-9-20(23(18)19)25(30)32/h4-10,15H,1-3,11-14H2. The second kappa shape index (κ2) is 9.28. The summed E-state index contributed by atoms with van der Waals surface area (Å²) >= 11 is 11.9. The van der Waals surface area contributed by atoms with Crippen molar-refractivity contribution in [1.29, 1.82) is 0 Å². The number of imide groups is 1. The van der Waals surface area contributed by atoms with Gasteiger partial charge in [-0.05, 0) is 55.7 Å². The minimum absolute atomic E-state index is 0.0572. The zero-order valence-electron chi connectivity index (χ0n) is 18.4. The summed E-state index contributed by atoms with van der Waals surface area (Å²) in [6.45, 7) is 1.73. The summed E-state index contributed by atoms with van der Waals surface area (Å²) in [7, 11) is 0. The van der Waals surface area contributed by atoms with Crippen molar-refractivity contribution in [2.24, 2.45) is 0 Å². The molecule has 3 aromatic carbocycles. The zero-order valence-corrected chi connectivity index (χ0v) is 19.9. The Labute approximate surface area is 207 Å². The van der Waals surface area contributed by atoms with Crippen LogP contribution in [0.25, 0.3) is 10.8 Å². The third-order valence-corrected chi connectivity index (χ3v) is 6.91. The lowest BCUT2D eigenvalue weighted by atomic mass is 9.92. The maximum Gasteiger partial charge on any atom is 0.339 e. The van der Waals surface area contributed by atoms with Crippen molar-refractivity contribution in [3.63, 3.8) is 0 Å². The van der Waals surface area contributed by atoms with Gasteiger partial charge in [-0.25, -0.2) is 4.79 Å². The third-order valence-electron chi connectivity index (χ3n) is 6.36. The van der Waals surface area contributed by atoms with Crippen molar-refractivity contribution >= 4 is 57.4 Å². The van der Waals surface area contributed by atoms with Crippen LogP contribution in [0.1, 0.15) is 50.3 Å². The smallest absolute Gasteiger partial charge is 0.339 e. The van der Waals surface area contributed by atoms with Crippen molar-refractivity contribution in [1.82, 2.24) is 4.90 Å². The molecule has 2 amide bonds. The second-order valence-corrected chi connectivity index (χ2v) is 9.27. The van der Waals surface area contributed by atoms with Crippen LogP contribution in [0.5, 0.6) is 0 Å². The number of nitrogens with zero attached hydrogens (tertiary/aromatic N) is 2. The van der Waals surface area contributed by atoms with E-state index in [-0.39, 0.29) is 35.6 Å². The Hall–Kier alpha value is -3.09. The Morgan fingerprint density at radius 1 is 0.912 bits per heavy atom. The van der Waals surface area contributed by atoms with Crippen molar-refractivity contribution in [2.45, 2.75) is 19.3 Å². The van der Waals surface area contributed by atoms with Crippen molar-refractivity contribution in [2.75, 3.05) is 31.1 Å². The molecule has 0 N–H and O–H groups in total. The lowest BCUT2D eigenvalue weighted by Gasteiger charge is -2.32. The molecule has 174 valence electrons. The molecule has 0 aliphatic carbocycles. The molecular formula is C26H22Cl2N2O4. The largest absolute Gasteiger partial charge is 0.460 e. The molecule has 0 bridgehead atoms. The van der Waals surface area contributed by atoms with E-state index in [4.69, 9.17) is 27.9 Å². The average Bonchev–Trinajstić information content (AvgIpc) is 2.84. The number of piperidine rings is 1. The predicted octanol–water partition coefficient (Wildman–Crippen LogP) is 5.59. The number of ether oxygens (including phenoxy) is 1. The highest BCUT2D eigenvalue weighted by molar-refractivity contribution is 6.36. The maximum absolute atomic E-state index is 13.3. The van der Waals surface area contributed by atoms with E-state index in [1.165, 1.54) is 24.6 Å². The Morgan fingerprint density at radius 3 is 2.38 bits per heavy atom. The van der Waals surface area contributed by atoms with Gasteiger partial charge in [0.1, 0.15) is 6.61 Å². The van der Waals surface area contributed by atoms with Gasteiger partial charge in [-0.15, -0.1) is 0 Å². The van der Waals surface area contributed by atoms with Crippen LogP contribution in [0.2, 0.25) is 10.0 Å². The fourth-order valence-corrected chi connectivity index (χ4v) is 5.19. The lowest BCUT2D eigenvalue weighted by molar-refractivity contribution is 0.0405. The van der Waals surface area contributed by atoms with E-state index < -0.39 is 5.97 Å². The van der Waals surface area contributed by atoms with Gasteiger partial charge in [0.15, 0.2) is 0 Å².